The number of benzene rings is 1. The predicted molar refractivity (Wildman–Crippen MR) is 86.2 cm³/mol. The minimum Gasteiger partial charge on any atom is -0.488 e. The lowest BCUT2D eigenvalue weighted by molar-refractivity contribution is -0.384. The first-order valence-corrected chi connectivity index (χ1v) is 7.13. The molecule has 0 radical (unpaired) electrons. The van der Waals surface area contributed by atoms with Gasteiger partial charge in [0.15, 0.2) is 5.69 Å². The minimum atomic E-state index is -0.737. The van der Waals surface area contributed by atoms with Gasteiger partial charge in [-0.25, -0.2) is 0 Å². The van der Waals surface area contributed by atoms with E-state index in [2.05, 4.69) is 5.32 Å². The molecule has 1 unspecified atom stereocenters. The second-order valence-electron chi connectivity index (χ2n) is 6.43. The smallest absolute Gasteiger partial charge is 0.299 e. The van der Waals surface area contributed by atoms with Crippen LogP contribution in [-0.4, -0.2) is 34.8 Å². The van der Waals surface area contributed by atoms with Crippen LogP contribution in [0, 0.1) is 24.0 Å². The number of hydrogen-bond acceptors (Lipinski definition) is 6. The first kappa shape index (κ1) is 18.2. The fourth-order valence-electron chi connectivity index (χ4n) is 1.91. The van der Waals surface area contributed by atoms with E-state index in [0.29, 0.717) is 12.1 Å². The van der Waals surface area contributed by atoms with E-state index in [1.54, 1.807) is 19.9 Å². The molecule has 0 aliphatic carbocycles. The Hall–Kier alpha value is -1.86. The van der Waals surface area contributed by atoms with Crippen molar-refractivity contribution in [1.82, 2.24) is 5.32 Å². The first-order chi connectivity index (χ1) is 10.0. The normalized spacial score (nSPS) is 13.0. The van der Waals surface area contributed by atoms with Gasteiger partial charge in [-0.3, -0.25) is 10.1 Å². The van der Waals surface area contributed by atoms with E-state index in [-0.39, 0.29) is 29.3 Å². The average molecular weight is 311 g/mol. The van der Waals surface area contributed by atoms with Gasteiger partial charge in [-0.2, -0.15) is 0 Å². The number of nitro benzene ring substituents is 1. The molecule has 0 aromatic heterocycles. The van der Waals surface area contributed by atoms with E-state index < -0.39 is 11.0 Å². The first-order valence-electron chi connectivity index (χ1n) is 7.13. The molecular formula is C15H25N3O4. The number of aryl methyl sites for hydroxylation is 1. The van der Waals surface area contributed by atoms with Crippen molar-refractivity contribution in [2.45, 2.75) is 46.3 Å². The summed E-state index contributed by atoms with van der Waals surface area (Å²) in [6, 6.07) is 1.65. The van der Waals surface area contributed by atoms with E-state index in [1.165, 1.54) is 0 Å². The number of nitrogen functional groups attached to an aromatic ring is 1. The number of β-amino-alcohol motifs (C(OH)–C–C–N with tert-alkyl or cyclic N) is 1. The van der Waals surface area contributed by atoms with Gasteiger partial charge in [0.05, 0.1) is 4.92 Å². The van der Waals surface area contributed by atoms with Crippen LogP contribution in [0.5, 0.6) is 5.75 Å². The molecule has 1 rings (SSSR count). The number of rotatable bonds is 6. The van der Waals surface area contributed by atoms with Crippen LogP contribution in [0.1, 0.15) is 31.9 Å². The summed E-state index contributed by atoms with van der Waals surface area (Å²) in [5, 5.41) is 24.2. The molecule has 7 heteroatoms. The zero-order valence-electron chi connectivity index (χ0n) is 13.8. The highest BCUT2D eigenvalue weighted by atomic mass is 16.6. The Kier molecular flexibility index (Phi) is 5.73. The quantitative estimate of drug-likeness (QED) is 0.420. The number of anilines is 1. The van der Waals surface area contributed by atoms with Crippen LogP contribution in [-0.2, 0) is 0 Å². The topological polar surface area (TPSA) is 111 Å². The maximum absolute atomic E-state index is 11.1. The Bertz CT molecular complexity index is 553. The lowest BCUT2D eigenvalue weighted by Gasteiger charge is -2.23. The van der Waals surface area contributed by atoms with Gasteiger partial charge < -0.3 is 20.9 Å². The van der Waals surface area contributed by atoms with E-state index >= 15 is 0 Å². The Morgan fingerprint density at radius 2 is 2.05 bits per heavy atom. The fourth-order valence-corrected chi connectivity index (χ4v) is 1.91. The maximum Gasteiger partial charge on any atom is 0.299 e. The number of nitrogens with zero attached hydrogens (tertiary/aromatic N) is 1. The van der Waals surface area contributed by atoms with Crippen molar-refractivity contribution in [2.24, 2.45) is 0 Å². The van der Waals surface area contributed by atoms with Gasteiger partial charge in [0, 0.05) is 17.6 Å². The van der Waals surface area contributed by atoms with Gasteiger partial charge in [-0.05, 0) is 46.2 Å². The van der Waals surface area contributed by atoms with E-state index in [9.17, 15) is 15.2 Å². The Morgan fingerprint density at radius 3 is 2.55 bits per heavy atom. The Labute approximate surface area is 130 Å². The molecular weight excluding hydrogens is 286 g/mol. The molecule has 0 aliphatic rings. The predicted octanol–water partition coefficient (Wildman–Crippen LogP) is 1.92. The number of aliphatic hydroxyl groups excluding tert-OH is 1. The van der Waals surface area contributed by atoms with Gasteiger partial charge in [0.25, 0.3) is 5.69 Å². The second-order valence-corrected chi connectivity index (χ2v) is 6.43. The molecule has 7 nitrogen and oxygen atoms in total. The molecule has 0 amide bonds. The fraction of sp³-hybridized carbons (Fsp3) is 0.600. The number of ether oxygens (including phenoxy) is 1. The van der Waals surface area contributed by atoms with Crippen LogP contribution in [0.2, 0.25) is 0 Å². The largest absolute Gasteiger partial charge is 0.488 e. The van der Waals surface area contributed by atoms with Gasteiger partial charge in [-0.1, -0.05) is 0 Å². The van der Waals surface area contributed by atoms with Crippen molar-refractivity contribution in [3.8, 4) is 5.75 Å². The van der Waals surface area contributed by atoms with Gasteiger partial charge in [0.1, 0.15) is 18.5 Å². The molecule has 124 valence electrons. The minimum absolute atomic E-state index is 0.00688. The van der Waals surface area contributed by atoms with Crippen molar-refractivity contribution >= 4 is 11.4 Å². The van der Waals surface area contributed by atoms with Gasteiger partial charge >= 0.3 is 0 Å². The summed E-state index contributed by atoms with van der Waals surface area (Å²) in [7, 11) is 0. The highest BCUT2D eigenvalue weighted by Crippen LogP contribution is 2.36. The van der Waals surface area contributed by atoms with E-state index in [1.807, 2.05) is 20.8 Å². The second kappa shape index (κ2) is 6.93. The summed E-state index contributed by atoms with van der Waals surface area (Å²) in [4.78, 5) is 10.6. The Balaban J connectivity index is 2.80. The van der Waals surface area contributed by atoms with Crippen molar-refractivity contribution in [2.75, 3.05) is 18.9 Å². The molecule has 22 heavy (non-hydrogen) atoms. The molecule has 0 saturated heterocycles. The van der Waals surface area contributed by atoms with E-state index in [0.717, 1.165) is 5.56 Å². The highest BCUT2D eigenvalue weighted by molar-refractivity contribution is 5.71. The van der Waals surface area contributed by atoms with Crippen LogP contribution in [0.25, 0.3) is 0 Å². The summed E-state index contributed by atoms with van der Waals surface area (Å²) >= 11 is 0. The molecule has 0 bridgehead atoms. The van der Waals surface area contributed by atoms with Gasteiger partial charge in [-0.15, -0.1) is 0 Å². The zero-order chi connectivity index (χ0) is 17.1. The number of hydrogen-bond donors (Lipinski definition) is 3. The van der Waals surface area contributed by atoms with Crippen molar-refractivity contribution in [3.05, 3.63) is 27.3 Å². The summed E-state index contributed by atoms with van der Waals surface area (Å²) in [6.45, 7) is 9.74. The number of aliphatic hydroxyl groups is 1. The van der Waals surface area contributed by atoms with Crippen LogP contribution in [0.3, 0.4) is 0 Å². The third-order valence-electron chi connectivity index (χ3n) is 3.30. The molecule has 0 heterocycles. The van der Waals surface area contributed by atoms with Crippen LogP contribution in [0.4, 0.5) is 11.4 Å². The van der Waals surface area contributed by atoms with E-state index in [4.69, 9.17) is 10.5 Å². The molecule has 0 fully saturated rings. The third-order valence-corrected chi connectivity index (χ3v) is 3.30. The average Bonchev–Trinajstić information content (AvgIpc) is 2.38. The molecule has 1 atom stereocenters. The molecule has 1 aromatic carbocycles. The van der Waals surface area contributed by atoms with Crippen molar-refractivity contribution in [3.63, 3.8) is 0 Å². The molecule has 1 aromatic rings. The number of nitrogens with one attached hydrogen (secondary N) is 1. The van der Waals surface area contributed by atoms with Crippen LogP contribution >= 0.6 is 0 Å². The highest BCUT2D eigenvalue weighted by Gasteiger charge is 2.22. The van der Waals surface area contributed by atoms with Gasteiger partial charge in [0.2, 0.25) is 0 Å². The molecule has 0 spiro atoms. The van der Waals surface area contributed by atoms with Crippen molar-refractivity contribution < 1.29 is 14.8 Å². The Morgan fingerprint density at radius 1 is 1.45 bits per heavy atom. The maximum atomic E-state index is 11.1. The number of nitrogens with two attached hydrogens (primary N) is 1. The third kappa shape index (κ3) is 4.85. The summed E-state index contributed by atoms with van der Waals surface area (Å²) in [6.07, 6.45) is -0.737. The summed E-state index contributed by atoms with van der Waals surface area (Å²) < 4.78 is 5.47. The van der Waals surface area contributed by atoms with Crippen LogP contribution in [0.15, 0.2) is 6.07 Å². The van der Waals surface area contributed by atoms with Crippen LogP contribution < -0.4 is 15.8 Å². The number of nitro groups is 1. The SMILES string of the molecule is Cc1cc(OCC(O)CNC(C)(C)C)c(N)c([N+](=O)[O-])c1C. The molecule has 4 N–H and O–H groups in total. The molecule has 0 saturated carbocycles. The zero-order valence-corrected chi connectivity index (χ0v) is 13.8. The monoisotopic (exact) mass is 311 g/mol. The lowest BCUT2D eigenvalue weighted by Crippen LogP contribution is -2.42. The summed E-state index contributed by atoms with van der Waals surface area (Å²) in [5.74, 6) is 0.226. The molecule has 0 aliphatic heterocycles. The lowest BCUT2D eigenvalue weighted by atomic mass is 10.1. The summed E-state index contributed by atoms with van der Waals surface area (Å²) in [5.41, 5.74) is 6.80. The standard InChI is InChI=1S/C15H25N3O4/c1-9-6-12(13(16)14(10(9)2)18(20)21)22-8-11(19)7-17-15(3,4)5/h6,11,17,19H,7-8,16H2,1-5H3. The van der Waals surface area contributed by atoms with Crippen molar-refractivity contribution in [1.29, 1.82) is 0 Å².